The Balaban J connectivity index is 2.00. The van der Waals surface area contributed by atoms with Gasteiger partial charge in [-0.05, 0) is 65.2 Å². The van der Waals surface area contributed by atoms with E-state index in [0.717, 1.165) is 0 Å². The van der Waals surface area contributed by atoms with Gasteiger partial charge in [-0.2, -0.15) is 0 Å². The molecule has 1 unspecified atom stereocenters. The largest absolute Gasteiger partial charge is 0.314 e. The molecule has 0 saturated carbocycles. The van der Waals surface area contributed by atoms with Gasteiger partial charge in [0, 0.05) is 6.04 Å². The van der Waals surface area contributed by atoms with Crippen LogP contribution in [0.5, 0.6) is 0 Å². The molecule has 0 aromatic carbocycles. The summed E-state index contributed by atoms with van der Waals surface area (Å²) in [5.41, 5.74) is 0. The first kappa shape index (κ1) is 14.0. The third kappa shape index (κ3) is 6.49. The van der Waals surface area contributed by atoms with E-state index in [4.69, 9.17) is 0 Å². The fraction of sp³-hybridized carbons (Fsp3) is 1.00. The molecule has 0 aromatic heterocycles. The predicted octanol–water partition coefficient (Wildman–Crippen LogP) is 3.03. The van der Waals surface area contributed by atoms with Crippen molar-refractivity contribution in [1.29, 1.82) is 0 Å². The third-order valence-electron chi connectivity index (χ3n) is 3.55. The number of hydrogen-bond donors (Lipinski definition) is 1. The molecule has 1 aliphatic heterocycles. The highest BCUT2D eigenvalue weighted by molar-refractivity contribution is 4.66. The van der Waals surface area contributed by atoms with E-state index < -0.39 is 0 Å². The van der Waals surface area contributed by atoms with Crippen molar-refractivity contribution in [1.82, 2.24) is 10.2 Å². The minimum atomic E-state index is 0.701. The molecule has 96 valence electrons. The number of hydrogen-bond acceptors (Lipinski definition) is 2. The Morgan fingerprint density at radius 3 is 2.44 bits per heavy atom. The van der Waals surface area contributed by atoms with E-state index in [9.17, 15) is 0 Å². The van der Waals surface area contributed by atoms with Crippen LogP contribution in [0, 0.1) is 0 Å². The lowest BCUT2D eigenvalue weighted by Crippen LogP contribution is -2.30. The Morgan fingerprint density at radius 2 is 1.81 bits per heavy atom. The highest BCUT2D eigenvalue weighted by Crippen LogP contribution is 2.10. The van der Waals surface area contributed by atoms with E-state index >= 15 is 0 Å². The van der Waals surface area contributed by atoms with Crippen molar-refractivity contribution >= 4 is 0 Å². The lowest BCUT2D eigenvalue weighted by molar-refractivity contribution is 0.274. The highest BCUT2D eigenvalue weighted by atomic mass is 15.1. The van der Waals surface area contributed by atoms with Crippen LogP contribution >= 0.6 is 0 Å². The number of nitrogens with zero attached hydrogens (tertiary/aromatic N) is 1. The zero-order chi connectivity index (χ0) is 11.6. The maximum Gasteiger partial charge on any atom is 0.00391 e. The zero-order valence-electron chi connectivity index (χ0n) is 11.3. The molecule has 0 spiro atoms. The van der Waals surface area contributed by atoms with Crippen molar-refractivity contribution in [3.05, 3.63) is 0 Å². The van der Waals surface area contributed by atoms with Gasteiger partial charge in [-0.1, -0.05) is 19.8 Å². The molecule has 2 nitrogen and oxygen atoms in total. The van der Waals surface area contributed by atoms with Gasteiger partial charge >= 0.3 is 0 Å². The van der Waals surface area contributed by atoms with Crippen LogP contribution in [0.3, 0.4) is 0 Å². The molecule has 0 aliphatic carbocycles. The molecule has 1 heterocycles. The molecule has 1 atom stereocenters. The number of rotatable bonds is 7. The second kappa shape index (κ2) is 9.00. The van der Waals surface area contributed by atoms with Gasteiger partial charge in [-0.25, -0.2) is 0 Å². The molecule has 1 fully saturated rings. The van der Waals surface area contributed by atoms with Gasteiger partial charge in [0.2, 0.25) is 0 Å². The molecule has 0 aromatic rings. The summed E-state index contributed by atoms with van der Waals surface area (Å²) in [5, 5.41) is 3.56. The monoisotopic (exact) mass is 226 g/mol. The molecule has 2 heteroatoms. The van der Waals surface area contributed by atoms with E-state index in [1.807, 2.05) is 0 Å². The Bertz CT molecular complexity index is 151. The quantitative estimate of drug-likeness (QED) is 0.718. The van der Waals surface area contributed by atoms with E-state index in [2.05, 4.69) is 24.1 Å². The molecular weight excluding hydrogens is 196 g/mol. The average molecular weight is 226 g/mol. The molecule has 0 bridgehead atoms. The second-order valence-corrected chi connectivity index (χ2v) is 5.25. The minimum Gasteiger partial charge on any atom is -0.314 e. The Labute approximate surface area is 102 Å². The average Bonchev–Trinajstić information content (AvgIpc) is 2.55. The highest BCUT2D eigenvalue weighted by Gasteiger charge is 2.08. The molecular formula is C14H30N2. The van der Waals surface area contributed by atoms with Gasteiger partial charge in [0.05, 0.1) is 0 Å². The number of nitrogens with one attached hydrogen (secondary N) is 1. The van der Waals surface area contributed by atoms with Gasteiger partial charge in [-0.15, -0.1) is 0 Å². The SMILES string of the molecule is CCCNC(C)CCCN1CCCCCC1. The summed E-state index contributed by atoms with van der Waals surface area (Å²) in [6.07, 6.45) is 9.67. The molecule has 0 radical (unpaired) electrons. The maximum atomic E-state index is 3.56. The summed E-state index contributed by atoms with van der Waals surface area (Å²) in [6.45, 7) is 9.73. The standard InChI is InChI=1S/C14H30N2/c1-3-10-15-14(2)9-8-13-16-11-6-4-5-7-12-16/h14-15H,3-13H2,1-2H3. The molecule has 16 heavy (non-hydrogen) atoms. The maximum absolute atomic E-state index is 3.56. The second-order valence-electron chi connectivity index (χ2n) is 5.25. The van der Waals surface area contributed by atoms with Crippen molar-refractivity contribution < 1.29 is 0 Å². The Hall–Kier alpha value is -0.0800. The minimum absolute atomic E-state index is 0.701. The lowest BCUT2D eigenvalue weighted by atomic mass is 10.1. The van der Waals surface area contributed by atoms with Crippen molar-refractivity contribution in [2.45, 2.75) is 64.8 Å². The number of likely N-dealkylation sites (tertiary alicyclic amines) is 1. The van der Waals surface area contributed by atoms with Crippen LogP contribution < -0.4 is 5.32 Å². The van der Waals surface area contributed by atoms with Crippen molar-refractivity contribution in [2.24, 2.45) is 0 Å². The van der Waals surface area contributed by atoms with Crippen LogP contribution in [0.15, 0.2) is 0 Å². The van der Waals surface area contributed by atoms with E-state index in [-0.39, 0.29) is 0 Å². The van der Waals surface area contributed by atoms with Gasteiger partial charge in [0.15, 0.2) is 0 Å². The smallest absolute Gasteiger partial charge is 0.00391 e. The van der Waals surface area contributed by atoms with Gasteiger partial charge in [0.1, 0.15) is 0 Å². The van der Waals surface area contributed by atoms with E-state index in [0.29, 0.717) is 6.04 Å². The predicted molar refractivity (Wildman–Crippen MR) is 71.9 cm³/mol. The molecule has 1 rings (SSSR count). The molecule has 0 amide bonds. The van der Waals surface area contributed by atoms with Crippen LogP contribution in [-0.2, 0) is 0 Å². The molecule has 1 N–H and O–H groups in total. The summed E-state index contributed by atoms with van der Waals surface area (Å²) in [6, 6.07) is 0.701. The van der Waals surface area contributed by atoms with Crippen LogP contribution in [0.1, 0.15) is 58.8 Å². The summed E-state index contributed by atoms with van der Waals surface area (Å²) in [5.74, 6) is 0. The fourth-order valence-electron chi connectivity index (χ4n) is 2.47. The van der Waals surface area contributed by atoms with Crippen LogP contribution in [0.25, 0.3) is 0 Å². The first-order chi connectivity index (χ1) is 7.83. The Kier molecular flexibility index (Phi) is 7.87. The lowest BCUT2D eigenvalue weighted by Gasteiger charge is -2.21. The van der Waals surface area contributed by atoms with Gasteiger partial charge in [-0.3, -0.25) is 0 Å². The van der Waals surface area contributed by atoms with Crippen LogP contribution in [0.4, 0.5) is 0 Å². The summed E-state index contributed by atoms with van der Waals surface area (Å²) in [4.78, 5) is 2.67. The Morgan fingerprint density at radius 1 is 1.12 bits per heavy atom. The zero-order valence-corrected chi connectivity index (χ0v) is 11.3. The summed E-state index contributed by atoms with van der Waals surface area (Å²) >= 11 is 0. The first-order valence-corrected chi connectivity index (χ1v) is 7.28. The first-order valence-electron chi connectivity index (χ1n) is 7.28. The van der Waals surface area contributed by atoms with Crippen LogP contribution in [0.2, 0.25) is 0 Å². The van der Waals surface area contributed by atoms with Gasteiger partial charge < -0.3 is 10.2 Å². The van der Waals surface area contributed by atoms with Crippen LogP contribution in [-0.4, -0.2) is 37.1 Å². The van der Waals surface area contributed by atoms with Crippen molar-refractivity contribution in [3.63, 3.8) is 0 Å². The molecule has 1 aliphatic rings. The van der Waals surface area contributed by atoms with Gasteiger partial charge in [0.25, 0.3) is 0 Å². The topological polar surface area (TPSA) is 15.3 Å². The third-order valence-corrected chi connectivity index (χ3v) is 3.55. The van der Waals surface area contributed by atoms with E-state index in [1.54, 1.807) is 0 Å². The summed E-state index contributed by atoms with van der Waals surface area (Å²) in [7, 11) is 0. The van der Waals surface area contributed by atoms with Crippen molar-refractivity contribution in [2.75, 3.05) is 26.2 Å². The molecule has 1 saturated heterocycles. The van der Waals surface area contributed by atoms with Crippen molar-refractivity contribution in [3.8, 4) is 0 Å². The summed E-state index contributed by atoms with van der Waals surface area (Å²) < 4.78 is 0. The normalized spacial score (nSPS) is 20.6. The fourth-order valence-corrected chi connectivity index (χ4v) is 2.47. The van der Waals surface area contributed by atoms with E-state index in [1.165, 1.54) is 71.1 Å².